The first-order valence-electron chi connectivity index (χ1n) is 5.45. The van der Waals surface area contributed by atoms with Crippen molar-refractivity contribution in [2.75, 3.05) is 5.32 Å². The number of nitrogens with zero attached hydrogens (tertiary/aromatic N) is 1. The number of amides is 1. The minimum Gasteiger partial charge on any atom is -0.392 e. The molecule has 92 valence electrons. The lowest BCUT2D eigenvalue weighted by molar-refractivity contribution is -0.121. The van der Waals surface area contributed by atoms with Gasteiger partial charge >= 0.3 is 0 Å². The van der Waals surface area contributed by atoms with Crippen LogP contribution in [0.1, 0.15) is 26.0 Å². The summed E-state index contributed by atoms with van der Waals surface area (Å²) < 4.78 is 0. The summed E-state index contributed by atoms with van der Waals surface area (Å²) in [6, 6.07) is 5.44. The fourth-order valence-electron chi connectivity index (χ4n) is 1.31. The highest BCUT2D eigenvalue weighted by Gasteiger charge is 2.34. The van der Waals surface area contributed by atoms with Crippen molar-refractivity contribution in [1.82, 2.24) is 4.98 Å². The second-order valence-electron chi connectivity index (χ2n) is 4.17. The third-order valence-electron chi connectivity index (χ3n) is 2.88. The highest BCUT2D eigenvalue weighted by atomic mass is 32.1. The Morgan fingerprint density at radius 3 is 2.71 bits per heavy atom. The molecule has 1 aromatic heterocycles. The van der Waals surface area contributed by atoms with Gasteiger partial charge in [-0.3, -0.25) is 4.79 Å². The second-order valence-corrected chi connectivity index (χ2v) is 4.61. The molecule has 0 aliphatic heterocycles. The Morgan fingerprint density at radius 1 is 1.59 bits per heavy atom. The van der Waals surface area contributed by atoms with Crippen molar-refractivity contribution in [3.05, 3.63) is 23.9 Å². The van der Waals surface area contributed by atoms with Crippen LogP contribution in [0.25, 0.3) is 0 Å². The summed E-state index contributed by atoms with van der Waals surface area (Å²) in [6.07, 6.45) is 0.556. The molecule has 4 nitrogen and oxygen atoms in total. The van der Waals surface area contributed by atoms with Gasteiger partial charge in [-0.25, -0.2) is 4.98 Å². The zero-order valence-electron chi connectivity index (χ0n) is 10.3. The summed E-state index contributed by atoms with van der Waals surface area (Å²) in [7, 11) is 0. The van der Waals surface area contributed by atoms with Gasteiger partial charge in [-0.05, 0) is 32.4 Å². The number of aromatic nitrogens is 1. The number of nitrogens with two attached hydrogens (primary N) is 1. The summed E-state index contributed by atoms with van der Waals surface area (Å²) in [5, 5.41) is 2.74. The molecule has 0 saturated carbocycles. The highest BCUT2D eigenvalue weighted by molar-refractivity contribution is 7.80. The standard InChI is InChI=1S/C12H17N3OS/c1-4-12(3,10(13)17)11(16)15-9-7-5-6-8(2)14-9/h5-7H,4H2,1-3H3,(H2,13,17)(H,14,15,16). The molecule has 0 radical (unpaired) electrons. The molecular formula is C12H17N3OS. The molecule has 0 aliphatic carbocycles. The molecule has 0 aliphatic rings. The molecule has 1 amide bonds. The van der Waals surface area contributed by atoms with Crippen LogP contribution < -0.4 is 11.1 Å². The van der Waals surface area contributed by atoms with Crippen LogP contribution in [0.5, 0.6) is 0 Å². The molecule has 17 heavy (non-hydrogen) atoms. The van der Waals surface area contributed by atoms with Crippen molar-refractivity contribution in [2.24, 2.45) is 11.1 Å². The number of thiocarbonyl (C=S) groups is 1. The zero-order chi connectivity index (χ0) is 13.1. The molecule has 1 aromatic rings. The van der Waals surface area contributed by atoms with Crippen molar-refractivity contribution in [3.8, 4) is 0 Å². The number of carbonyl (C=O) groups excluding carboxylic acids is 1. The van der Waals surface area contributed by atoms with Crippen molar-refractivity contribution >= 4 is 28.9 Å². The van der Waals surface area contributed by atoms with E-state index in [0.717, 1.165) is 5.69 Å². The largest absolute Gasteiger partial charge is 0.392 e. The third kappa shape index (κ3) is 3.00. The Hall–Kier alpha value is -1.49. The van der Waals surface area contributed by atoms with Crippen LogP contribution in [0.15, 0.2) is 18.2 Å². The van der Waals surface area contributed by atoms with Crippen LogP contribution in [-0.2, 0) is 4.79 Å². The lowest BCUT2D eigenvalue weighted by Gasteiger charge is -2.25. The van der Waals surface area contributed by atoms with Crippen LogP contribution in [0.4, 0.5) is 5.82 Å². The maximum absolute atomic E-state index is 12.1. The smallest absolute Gasteiger partial charge is 0.238 e. The molecule has 1 rings (SSSR count). The van der Waals surface area contributed by atoms with Crippen molar-refractivity contribution in [1.29, 1.82) is 0 Å². The van der Waals surface area contributed by atoms with Gasteiger partial charge in [0.2, 0.25) is 5.91 Å². The van der Waals surface area contributed by atoms with E-state index in [2.05, 4.69) is 10.3 Å². The molecule has 5 heteroatoms. The zero-order valence-corrected chi connectivity index (χ0v) is 11.1. The molecule has 1 unspecified atom stereocenters. The Kier molecular flexibility index (Phi) is 4.17. The van der Waals surface area contributed by atoms with E-state index in [1.807, 2.05) is 26.0 Å². The van der Waals surface area contributed by atoms with E-state index in [0.29, 0.717) is 12.2 Å². The fourth-order valence-corrected chi connectivity index (χ4v) is 1.55. The molecule has 1 atom stereocenters. The number of pyridine rings is 1. The first kappa shape index (κ1) is 13.6. The number of carbonyl (C=O) groups is 1. The number of hydrogen-bond acceptors (Lipinski definition) is 3. The maximum atomic E-state index is 12.1. The van der Waals surface area contributed by atoms with E-state index in [9.17, 15) is 4.79 Å². The fraction of sp³-hybridized carbons (Fsp3) is 0.417. The van der Waals surface area contributed by atoms with Gasteiger partial charge in [0, 0.05) is 5.69 Å². The average Bonchev–Trinajstić information content (AvgIpc) is 2.27. The van der Waals surface area contributed by atoms with E-state index < -0.39 is 5.41 Å². The van der Waals surface area contributed by atoms with Gasteiger partial charge in [-0.2, -0.15) is 0 Å². The summed E-state index contributed by atoms with van der Waals surface area (Å²) >= 11 is 4.94. The van der Waals surface area contributed by atoms with E-state index in [1.165, 1.54) is 0 Å². The Bertz CT molecular complexity index is 447. The van der Waals surface area contributed by atoms with Gasteiger partial charge in [-0.15, -0.1) is 0 Å². The van der Waals surface area contributed by atoms with E-state index >= 15 is 0 Å². The van der Waals surface area contributed by atoms with E-state index in [4.69, 9.17) is 18.0 Å². The normalized spacial score (nSPS) is 13.8. The SMILES string of the molecule is CCC(C)(C(=O)Nc1cccc(C)n1)C(N)=S. The maximum Gasteiger partial charge on any atom is 0.238 e. The molecule has 0 bridgehead atoms. The van der Waals surface area contributed by atoms with Crippen LogP contribution in [0, 0.1) is 12.3 Å². The molecule has 0 spiro atoms. The van der Waals surface area contributed by atoms with Crippen LogP contribution in [-0.4, -0.2) is 15.9 Å². The molecule has 1 heterocycles. The highest BCUT2D eigenvalue weighted by Crippen LogP contribution is 2.23. The van der Waals surface area contributed by atoms with Crippen LogP contribution >= 0.6 is 12.2 Å². The first-order valence-corrected chi connectivity index (χ1v) is 5.86. The van der Waals surface area contributed by atoms with Crippen molar-refractivity contribution in [3.63, 3.8) is 0 Å². The predicted octanol–water partition coefficient (Wildman–Crippen LogP) is 2.03. The molecule has 0 fully saturated rings. The average molecular weight is 251 g/mol. The Morgan fingerprint density at radius 2 is 2.24 bits per heavy atom. The van der Waals surface area contributed by atoms with Crippen LogP contribution in [0.3, 0.4) is 0 Å². The Labute approximate surface area is 107 Å². The monoisotopic (exact) mass is 251 g/mol. The van der Waals surface area contributed by atoms with Gasteiger partial charge < -0.3 is 11.1 Å². The van der Waals surface area contributed by atoms with E-state index in [-0.39, 0.29) is 10.9 Å². The molecule has 3 N–H and O–H groups in total. The van der Waals surface area contributed by atoms with Gasteiger partial charge in [0.25, 0.3) is 0 Å². The first-order chi connectivity index (χ1) is 7.90. The third-order valence-corrected chi connectivity index (χ3v) is 3.33. The number of hydrogen-bond donors (Lipinski definition) is 2. The number of rotatable bonds is 4. The summed E-state index contributed by atoms with van der Waals surface area (Å²) in [5.74, 6) is 0.302. The number of anilines is 1. The number of nitrogens with one attached hydrogen (secondary N) is 1. The van der Waals surface area contributed by atoms with Crippen LogP contribution in [0.2, 0.25) is 0 Å². The number of aryl methyl sites for hydroxylation is 1. The molecule has 0 aromatic carbocycles. The van der Waals surface area contributed by atoms with Gasteiger partial charge in [0.15, 0.2) is 0 Å². The quantitative estimate of drug-likeness (QED) is 0.803. The summed E-state index contributed by atoms with van der Waals surface area (Å²) in [5.41, 5.74) is 5.63. The molecule has 0 saturated heterocycles. The Balaban J connectivity index is 2.89. The molecular weight excluding hydrogens is 234 g/mol. The second kappa shape index (κ2) is 5.23. The lowest BCUT2D eigenvalue weighted by Crippen LogP contribution is -2.43. The minimum absolute atomic E-state index is 0.199. The van der Waals surface area contributed by atoms with Crippen molar-refractivity contribution in [2.45, 2.75) is 27.2 Å². The van der Waals surface area contributed by atoms with Crippen molar-refractivity contribution < 1.29 is 4.79 Å². The summed E-state index contributed by atoms with van der Waals surface area (Å²) in [6.45, 7) is 5.48. The summed E-state index contributed by atoms with van der Waals surface area (Å²) in [4.78, 5) is 16.5. The van der Waals surface area contributed by atoms with Gasteiger partial charge in [-0.1, -0.05) is 25.2 Å². The topological polar surface area (TPSA) is 68.0 Å². The van der Waals surface area contributed by atoms with Gasteiger partial charge in [0.1, 0.15) is 5.82 Å². The lowest BCUT2D eigenvalue weighted by atomic mass is 9.86. The minimum atomic E-state index is -0.833. The van der Waals surface area contributed by atoms with Gasteiger partial charge in [0.05, 0.1) is 10.4 Å². The predicted molar refractivity (Wildman–Crippen MR) is 72.8 cm³/mol. The van der Waals surface area contributed by atoms with E-state index in [1.54, 1.807) is 13.0 Å².